The Balaban J connectivity index is 2.53. The number of aliphatic hydroxyl groups is 3. The molecule has 1 aromatic heterocycles. The summed E-state index contributed by atoms with van der Waals surface area (Å²) in [4.78, 5) is 46.8. The second-order valence-corrected chi connectivity index (χ2v) is 20.0. The molecule has 0 saturated heterocycles. The second kappa shape index (κ2) is 40.3. The average Bonchev–Trinajstić information content (AvgIpc) is 3.24. The Kier molecular flexibility index (Phi) is 37.9. The molecule has 378 valence electrons. The van der Waals surface area contributed by atoms with Crippen molar-refractivity contribution in [2.45, 2.75) is 257 Å². The van der Waals surface area contributed by atoms with Crippen molar-refractivity contribution in [3.05, 3.63) is 31.5 Å². The summed E-state index contributed by atoms with van der Waals surface area (Å²) in [7, 11) is 7.43. The van der Waals surface area contributed by atoms with Gasteiger partial charge in [-0.3, -0.25) is 0 Å². The molecule has 0 radical (unpaired) electrons. The van der Waals surface area contributed by atoms with Crippen molar-refractivity contribution in [3.63, 3.8) is 0 Å². The third-order valence-electron chi connectivity index (χ3n) is 13.0. The van der Waals surface area contributed by atoms with Crippen molar-refractivity contribution in [2.75, 3.05) is 60.9 Å². The Morgan fingerprint density at radius 2 is 0.547 bits per heavy atom. The molecule has 0 bridgehead atoms. The van der Waals surface area contributed by atoms with Crippen LogP contribution in [0.3, 0.4) is 0 Å². The smallest absolute Gasteiger partial charge is 0.336 e. The molecule has 0 aromatic carbocycles. The Labute approximate surface area is 392 Å². The van der Waals surface area contributed by atoms with Crippen molar-refractivity contribution in [1.82, 2.24) is 28.4 Å². The van der Waals surface area contributed by atoms with Crippen LogP contribution in [-0.4, -0.2) is 123 Å². The van der Waals surface area contributed by atoms with E-state index in [2.05, 4.69) is 13.8 Å². The Hall–Kier alpha value is -1.83. The molecular weight excluding hydrogens is 805 g/mol. The third kappa shape index (κ3) is 31.2. The van der Waals surface area contributed by atoms with Gasteiger partial charge < -0.3 is 30.0 Å². The maximum atomic E-state index is 13.7. The van der Waals surface area contributed by atoms with Gasteiger partial charge in [-0.25, -0.2) is 28.1 Å². The van der Waals surface area contributed by atoms with Gasteiger partial charge in [0.2, 0.25) is 0 Å². The summed E-state index contributed by atoms with van der Waals surface area (Å²) in [5.41, 5.74) is -2.58. The Morgan fingerprint density at radius 1 is 0.344 bits per heavy atom. The van der Waals surface area contributed by atoms with Crippen molar-refractivity contribution < 1.29 is 15.3 Å². The molecule has 0 spiro atoms. The van der Waals surface area contributed by atoms with Gasteiger partial charge in [-0.15, -0.1) is 0 Å². The fourth-order valence-corrected chi connectivity index (χ4v) is 9.14. The van der Waals surface area contributed by atoms with Crippen molar-refractivity contribution >= 4 is 0 Å². The monoisotopic (exact) mass is 909 g/mol. The molecule has 0 fully saturated rings. The zero-order valence-corrected chi connectivity index (χ0v) is 42.8. The molecule has 0 aliphatic carbocycles. The number of likely N-dealkylation sites (N-methyl/N-ethyl adjacent to an activating group) is 3. The van der Waals surface area contributed by atoms with E-state index in [0.29, 0.717) is 0 Å². The van der Waals surface area contributed by atoms with Gasteiger partial charge in [-0.2, -0.15) is 0 Å². The minimum absolute atomic E-state index is 0.213. The van der Waals surface area contributed by atoms with Gasteiger partial charge in [-0.1, -0.05) is 206 Å². The molecule has 12 heteroatoms. The minimum atomic E-state index is -1.04. The first-order valence-corrected chi connectivity index (χ1v) is 26.9. The molecule has 1 heterocycles. The molecule has 1 rings (SSSR count). The maximum absolute atomic E-state index is 13.7. The zero-order valence-electron chi connectivity index (χ0n) is 42.8. The topological polar surface area (TPSA) is 136 Å². The minimum Gasteiger partial charge on any atom is -0.390 e. The van der Waals surface area contributed by atoms with Crippen molar-refractivity contribution in [1.29, 1.82) is 0 Å². The number of nitrogens with zero attached hydrogens (tertiary/aromatic N) is 6. The van der Waals surface area contributed by atoms with Gasteiger partial charge in [0.15, 0.2) is 0 Å². The number of aliphatic hydroxyl groups excluding tert-OH is 3. The molecule has 64 heavy (non-hydrogen) atoms. The normalized spacial score (nSPS) is 13.5. The Bertz CT molecular complexity index is 1310. The predicted molar refractivity (Wildman–Crippen MR) is 270 cm³/mol. The highest BCUT2D eigenvalue weighted by Gasteiger charge is 2.22. The van der Waals surface area contributed by atoms with Gasteiger partial charge >= 0.3 is 17.1 Å². The number of hydrogen-bond donors (Lipinski definition) is 3. The molecule has 3 N–H and O–H groups in total. The number of rotatable bonds is 46. The van der Waals surface area contributed by atoms with Crippen LogP contribution in [0, 0.1) is 0 Å². The lowest BCUT2D eigenvalue weighted by molar-refractivity contribution is 0.0923. The quantitative estimate of drug-likeness (QED) is 0.0548. The third-order valence-corrected chi connectivity index (χ3v) is 13.0. The highest BCUT2D eigenvalue weighted by molar-refractivity contribution is 4.83. The first kappa shape index (κ1) is 60.2. The van der Waals surface area contributed by atoms with Crippen molar-refractivity contribution in [2.24, 2.45) is 0 Å². The van der Waals surface area contributed by atoms with Crippen molar-refractivity contribution in [3.8, 4) is 0 Å². The molecular formula is C52H104N6O6. The maximum Gasteiger partial charge on any atom is 0.336 e. The van der Waals surface area contributed by atoms with Gasteiger partial charge in [-0.05, 0) is 54.1 Å². The van der Waals surface area contributed by atoms with E-state index in [1.165, 1.54) is 180 Å². The molecule has 3 atom stereocenters. The first-order chi connectivity index (χ1) is 30.9. The van der Waals surface area contributed by atoms with E-state index in [4.69, 9.17) is 0 Å². The SMILES string of the molecule is CCCCCCCCCCCCCCCCCCN(C)CC(O)Cn1c(=O)n(CC(O)CN(C)C)c(=O)n(CC(O)CN(C)CCCCCCCCCCCCCCCCCC)c1=O. The summed E-state index contributed by atoms with van der Waals surface area (Å²) in [5, 5.41) is 32.9. The van der Waals surface area contributed by atoms with Crippen LogP contribution >= 0.6 is 0 Å². The van der Waals surface area contributed by atoms with E-state index in [-0.39, 0.29) is 39.3 Å². The van der Waals surface area contributed by atoms with Crippen LogP contribution in [0.5, 0.6) is 0 Å². The van der Waals surface area contributed by atoms with Crippen LogP contribution in [0.15, 0.2) is 14.4 Å². The Morgan fingerprint density at radius 3 is 0.766 bits per heavy atom. The number of aromatic nitrogens is 3. The van der Waals surface area contributed by atoms with E-state index in [1.807, 2.05) is 23.9 Å². The molecule has 0 aliphatic heterocycles. The van der Waals surface area contributed by atoms with Crippen LogP contribution < -0.4 is 17.1 Å². The molecule has 12 nitrogen and oxygen atoms in total. The van der Waals surface area contributed by atoms with E-state index < -0.39 is 35.4 Å². The van der Waals surface area contributed by atoms with Gasteiger partial charge in [0.05, 0.1) is 37.9 Å². The summed E-state index contributed by atoms with van der Waals surface area (Å²) < 4.78 is 2.66. The van der Waals surface area contributed by atoms with Gasteiger partial charge in [0, 0.05) is 19.6 Å². The number of unbranched alkanes of at least 4 members (excludes halogenated alkanes) is 30. The van der Waals surface area contributed by atoms with E-state index in [1.54, 1.807) is 19.0 Å². The highest BCUT2D eigenvalue weighted by Crippen LogP contribution is 2.15. The first-order valence-electron chi connectivity index (χ1n) is 26.9. The lowest BCUT2D eigenvalue weighted by Crippen LogP contribution is -2.58. The van der Waals surface area contributed by atoms with E-state index >= 15 is 0 Å². The van der Waals surface area contributed by atoms with Crippen LogP contribution in [0.4, 0.5) is 0 Å². The standard InChI is InChI=1S/C52H104N6O6/c1-7-9-11-13-15-17-19-21-23-25-27-29-31-33-35-37-39-54(5)42-48(60)45-57-50(62)56(44-47(59)41-53(3)4)51(63)58(52(57)64)46-49(61)43-55(6)40-38-36-34-32-30-28-26-24-22-20-18-16-14-12-10-8-2/h47-49,59-61H,7-46H2,1-6H3. The predicted octanol–water partition coefficient (Wildman–Crippen LogP) is 9.20. The molecule has 0 amide bonds. The van der Waals surface area contributed by atoms with E-state index in [9.17, 15) is 29.7 Å². The fraction of sp³-hybridized carbons (Fsp3) is 0.942. The highest BCUT2D eigenvalue weighted by atomic mass is 16.3. The average molecular weight is 909 g/mol. The van der Waals surface area contributed by atoms with Crippen LogP contribution in [0.2, 0.25) is 0 Å². The lowest BCUT2D eigenvalue weighted by Gasteiger charge is -2.24. The zero-order chi connectivity index (χ0) is 47.2. The largest absolute Gasteiger partial charge is 0.390 e. The summed E-state index contributed by atoms with van der Waals surface area (Å²) in [6.45, 7) is 5.98. The molecule has 1 aromatic rings. The van der Waals surface area contributed by atoms with E-state index in [0.717, 1.165) is 52.5 Å². The van der Waals surface area contributed by atoms with Gasteiger partial charge in [0.1, 0.15) is 0 Å². The molecule has 0 saturated carbocycles. The van der Waals surface area contributed by atoms with Gasteiger partial charge in [0.25, 0.3) is 0 Å². The van der Waals surface area contributed by atoms with Crippen LogP contribution in [-0.2, 0) is 19.6 Å². The second-order valence-electron chi connectivity index (χ2n) is 20.0. The fourth-order valence-electron chi connectivity index (χ4n) is 9.14. The summed E-state index contributed by atoms with van der Waals surface area (Å²) in [6.07, 6.45) is 38.8. The number of hydrogen-bond acceptors (Lipinski definition) is 9. The van der Waals surface area contributed by atoms with Crippen LogP contribution in [0.25, 0.3) is 0 Å². The van der Waals surface area contributed by atoms with Crippen LogP contribution in [0.1, 0.15) is 219 Å². The molecule has 3 unspecified atom stereocenters. The summed E-state index contributed by atoms with van der Waals surface area (Å²) >= 11 is 0. The summed E-state index contributed by atoms with van der Waals surface area (Å²) in [5.74, 6) is 0. The summed E-state index contributed by atoms with van der Waals surface area (Å²) in [6, 6.07) is 0. The molecule has 0 aliphatic rings. The lowest BCUT2D eigenvalue weighted by atomic mass is 10.0.